The third-order valence-electron chi connectivity index (χ3n) is 6.83. The number of likely N-dealkylation sites (tertiary alicyclic amines) is 1. The van der Waals surface area contributed by atoms with Crippen LogP contribution in [-0.4, -0.2) is 77.5 Å². The molecule has 0 atom stereocenters. The van der Waals surface area contributed by atoms with Gasteiger partial charge in [-0.05, 0) is 51.4 Å². The van der Waals surface area contributed by atoms with Gasteiger partial charge in [-0.2, -0.15) is 5.10 Å². The van der Waals surface area contributed by atoms with Gasteiger partial charge in [-0.3, -0.25) is 10.00 Å². The highest BCUT2D eigenvalue weighted by atomic mass is 35.5. The second kappa shape index (κ2) is 11.0. The minimum atomic E-state index is 0. The molecule has 2 aromatic heterocycles. The number of nitrogens with zero attached hydrogens (tertiary/aromatic N) is 6. The lowest BCUT2D eigenvalue weighted by molar-refractivity contribution is 0.237. The van der Waals surface area contributed by atoms with E-state index in [0.29, 0.717) is 6.61 Å². The Labute approximate surface area is 212 Å². The van der Waals surface area contributed by atoms with Crippen LogP contribution in [0.2, 0.25) is 5.02 Å². The molecule has 34 heavy (non-hydrogen) atoms. The van der Waals surface area contributed by atoms with Crippen molar-refractivity contribution in [3.05, 3.63) is 34.7 Å². The van der Waals surface area contributed by atoms with E-state index in [0.717, 1.165) is 83.7 Å². The second-order valence-corrected chi connectivity index (χ2v) is 9.30. The summed E-state index contributed by atoms with van der Waals surface area (Å²) in [6, 6.07) is 4.01. The number of hydrogen-bond donors (Lipinski definition) is 1. The van der Waals surface area contributed by atoms with Crippen LogP contribution in [0.4, 0.5) is 11.5 Å². The summed E-state index contributed by atoms with van der Waals surface area (Å²) in [6.45, 7) is 11.8. The van der Waals surface area contributed by atoms with Crippen LogP contribution in [0.15, 0.2) is 18.5 Å². The summed E-state index contributed by atoms with van der Waals surface area (Å²) in [4.78, 5) is 16.2. The number of nitrogens with one attached hydrogen (secondary N) is 1. The summed E-state index contributed by atoms with van der Waals surface area (Å²) in [5, 5.41) is 9.22. The van der Waals surface area contributed by atoms with Gasteiger partial charge in [-0.1, -0.05) is 18.5 Å². The van der Waals surface area contributed by atoms with Crippen LogP contribution in [0.5, 0.6) is 5.75 Å². The maximum atomic E-state index is 6.50. The predicted molar refractivity (Wildman–Crippen MR) is 140 cm³/mol. The Morgan fingerprint density at radius 2 is 1.76 bits per heavy atom. The molecular weight excluding hydrogens is 473 g/mol. The lowest BCUT2D eigenvalue weighted by Gasteiger charge is -2.37. The fourth-order valence-corrected chi connectivity index (χ4v) is 5.17. The number of hydrogen-bond acceptors (Lipinski definition) is 7. The van der Waals surface area contributed by atoms with Crippen molar-refractivity contribution in [1.82, 2.24) is 25.1 Å². The number of benzene rings is 1. The number of rotatable bonds is 7. The predicted octanol–water partition coefficient (Wildman–Crippen LogP) is 4.10. The first-order valence-electron chi connectivity index (χ1n) is 12.0. The van der Waals surface area contributed by atoms with Crippen LogP contribution < -0.4 is 14.5 Å². The Hall–Kier alpha value is -2.29. The largest absolute Gasteiger partial charge is 0.492 e. The molecule has 5 rings (SSSR count). The quantitative estimate of drug-likeness (QED) is 0.517. The number of ether oxygens (including phenoxy) is 1. The van der Waals surface area contributed by atoms with Crippen molar-refractivity contribution < 1.29 is 4.74 Å². The van der Waals surface area contributed by atoms with E-state index < -0.39 is 0 Å². The van der Waals surface area contributed by atoms with Gasteiger partial charge in [-0.25, -0.2) is 9.97 Å². The molecule has 2 aliphatic rings. The van der Waals surface area contributed by atoms with Crippen molar-refractivity contribution in [3.8, 4) is 5.75 Å². The van der Waals surface area contributed by atoms with Crippen molar-refractivity contribution in [2.24, 2.45) is 0 Å². The molecule has 0 spiro atoms. The van der Waals surface area contributed by atoms with Crippen molar-refractivity contribution in [2.45, 2.75) is 33.1 Å². The average Bonchev–Trinajstić information content (AvgIpc) is 3.51. The molecule has 2 saturated heterocycles. The Balaban J connectivity index is 0.00000274. The van der Waals surface area contributed by atoms with Gasteiger partial charge >= 0.3 is 0 Å². The summed E-state index contributed by atoms with van der Waals surface area (Å²) in [6.07, 6.45) is 5.07. The first-order valence-corrected chi connectivity index (χ1v) is 12.3. The SMILES string of the molecule is CCc1n[nH]c2ncnc(N3CCN(c4cc(Cl)cc(OCCN5CCCC5)c4C)CC3)c12.Cl. The molecule has 0 amide bonds. The van der Waals surface area contributed by atoms with Gasteiger partial charge in [0, 0.05) is 49.0 Å². The zero-order valence-corrected chi connectivity index (χ0v) is 21.5. The standard InChI is InChI=1S/C24H32ClN7O.ClH/c1-3-19-22-23(29-28-19)26-16-27-24(22)32-10-8-31(9-11-32)20-14-18(25)15-21(17(20)2)33-13-12-30-6-4-5-7-30;/h14-16H,3-13H2,1-2H3,(H,26,27,28,29);1H. The van der Waals surface area contributed by atoms with Crippen molar-refractivity contribution >= 4 is 46.5 Å². The van der Waals surface area contributed by atoms with E-state index in [1.54, 1.807) is 6.33 Å². The number of aromatic amines is 1. The lowest BCUT2D eigenvalue weighted by atomic mass is 10.1. The van der Waals surface area contributed by atoms with Crippen molar-refractivity contribution in [3.63, 3.8) is 0 Å². The summed E-state index contributed by atoms with van der Waals surface area (Å²) in [5.74, 6) is 1.86. The molecule has 10 heteroatoms. The van der Waals surface area contributed by atoms with Crippen LogP contribution in [-0.2, 0) is 6.42 Å². The third-order valence-corrected chi connectivity index (χ3v) is 7.05. The Morgan fingerprint density at radius 1 is 1.03 bits per heavy atom. The van der Waals surface area contributed by atoms with Crippen LogP contribution in [0, 0.1) is 6.92 Å². The van der Waals surface area contributed by atoms with E-state index in [1.165, 1.54) is 25.9 Å². The molecule has 2 fully saturated rings. The Morgan fingerprint density at radius 3 is 2.50 bits per heavy atom. The summed E-state index contributed by atoms with van der Waals surface area (Å²) >= 11 is 6.50. The highest BCUT2D eigenvalue weighted by molar-refractivity contribution is 6.31. The topological polar surface area (TPSA) is 73.4 Å². The van der Waals surface area contributed by atoms with Crippen LogP contribution in [0.1, 0.15) is 31.0 Å². The lowest BCUT2D eigenvalue weighted by Crippen LogP contribution is -2.47. The van der Waals surface area contributed by atoms with Gasteiger partial charge in [0.2, 0.25) is 0 Å². The minimum Gasteiger partial charge on any atom is -0.492 e. The van der Waals surface area contributed by atoms with Gasteiger partial charge in [0.05, 0.1) is 11.1 Å². The van der Waals surface area contributed by atoms with Crippen LogP contribution >= 0.6 is 24.0 Å². The van der Waals surface area contributed by atoms with Gasteiger partial charge in [0.15, 0.2) is 5.65 Å². The highest BCUT2D eigenvalue weighted by Gasteiger charge is 2.24. The maximum Gasteiger partial charge on any atom is 0.160 e. The number of anilines is 2. The van der Waals surface area contributed by atoms with Crippen LogP contribution in [0.25, 0.3) is 11.0 Å². The molecule has 184 valence electrons. The maximum absolute atomic E-state index is 6.50. The molecule has 0 aliphatic carbocycles. The molecule has 1 N–H and O–H groups in total. The van der Waals surface area contributed by atoms with E-state index in [-0.39, 0.29) is 12.4 Å². The zero-order valence-electron chi connectivity index (χ0n) is 19.9. The Kier molecular flexibility index (Phi) is 8.01. The molecule has 0 bridgehead atoms. The van der Waals surface area contributed by atoms with Gasteiger partial charge in [-0.15, -0.1) is 12.4 Å². The normalized spacial score (nSPS) is 16.8. The van der Waals surface area contributed by atoms with E-state index in [4.69, 9.17) is 16.3 Å². The molecule has 4 heterocycles. The number of halogens is 2. The molecule has 2 aliphatic heterocycles. The molecule has 0 radical (unpaired) electrons. The molecule has 0 unspecified atom stereocenters. The van der Waals surface area contributed by atoms with Crippen LogP contribution in [0.3, 0.4) is 0 Å². The van der Waals surface area contributed by atoms with Gasteiger partial charge in [0.1, 0.15) is 24.5 Å². The number of aryl methyl sites for hydroxylation is 1. The smallest absolute Gasteiger partial charge is 0.160 e. The van der Waals surface area contributed by atoms with Crippen molar-refractivity contribution in [1.29, 1.82) is 0 Å². The summed E-state index contributed by atoms with van der Waals surface area (Å²) < 4.78 is 6.18. The molecular formula is C24H33Cl2N7O. The summed E-state index contributed by atoms with van der Waals surface area (Å²) in [5.41, 5.74) is 4.13. The average molecular weight is 506 g/mol. The summed E-state index contributed by atoms with van der Waals surface area (Å²) in [7, 11) is 0. The first-order chi connectivity index (χ1) is 16.1. The number of piperazine rings is 1. The minimum absolute atomic E-state index is 0. The zero-order chi connectivity index (χ0) is 22.8. The second-order valence-electron chi connectivity index (χ2n) is 8.86. The number of fused-ring (bicyclic) bond motifs is 1. The highest BCUT2D eigenvalue weighted by Crippen LogP contribution is 2.34. The number of H-pyrrole nitrogens is 1. The fraction of sp³-hybridized carbons (Fsp3) is 0.542. The van der Waals surface area contributed by atoms with E-state index >= 15 is 0 Å². The van der Waals surface area contributed by atoms with Gasteiger partial charge < -0.3 is 14.5 Å². The molecule has 0 saturated carbocycles. The molecule has 1 aromatic carbocycles. The van der Waals surface area contributed by atoms with E-state index in [1.807, 2.05) is 6.07 Å². The fourth-order valence-electron chi connectivity index (χ4n) is 4.97. The molecule has 3 aromatic rings. The van der Waals surface area contributed by atoms with E-state index in [2.05, 4.69) is 54.8 Å². The third kappa shape index (κ3) is 5.04. The first kappa shape index (κ1) is 24.8. The Bertz CT molecular complexity index is 1110. The monoisotopic (exact) mass is 505 g/mol. The van der Waals surface area contributed by atoms with Crippen molar-refractivity contribution in [2.75, 3.05) is 62.2 Å². The molecule has 8 nitrogen and oxygen atoms in total. The van der Waals surface area contributed by atoms with Gasteiger partial charge in [0.25, 0.3) is 0 Å². The van der Waals surface area contributed by atoms with E-state index in [9.17, 15) is 0 Å². The number of aromatic nitrogens is 4.